The predicted octanol–water partition coefficient (Wildman–Crippen LogP) is 2.87. The minimum Gasteiger partial charge on any atom is -0.494 e. The molecule has 1 heterocycles. The Hall–Kier alpha value is -2.04. The summed E-state index contributed by atoms with van der Waals surface area (Å²) < 4.78 is 5.66. The first-order valence-electron chi connectivity index (χ1n) is 8.26. The highest BCUT2D eigenvalue weighted by molar-refractivity contribution is 5.78. The quantitative estimate of drug-likeness (QED) is 0.785. The maximum absolute atomic E-state index is 12.1. The molecule has 0 spiro atoms. The molecule has 0 aromatic heterocycles. The van der Waals surface area contributed by atoms with Gasteiger partial charge in [0.1, 0.15) is 5.75 Å². The molecule has 5 nitrogen and oxygen atoms in total. The van der Waals surface area contributed by atoms with Gasteiger partial charge >= 0.3 is 5.97 Å². The highest BCUT2D eigenvalue weighted by Gasteiger charge is 2.27. The van der Waals surface area contributed by atoms with Crippen molar-refractivity contribution < 1.29 is 19.4 Å². The lowest BCUT2D eigenvalue weighted by atomic mass is 9.98. The first-order valence-corrected chi connectivity index (χ1v) is 8.26. The molecule has 1 saturated heterocycles. The van der Waals surface area contributed by atoms with E-state index in [0.29, 0.717) is 32.5 Å². The van der Waals surface area contributed by atoms with Gasteiger partial charge < -0.3 is 14.7 Å². The number of carboxylic acids is 1. The van der Waals surface area contributed by atoms with Crippen molar-refractivity contribution in [3.05, 3.63) is 29.8 Å². The third-order valence-electron chi connectivity index (χ3n) is 4.17. The molecular formula is C18H25NO4. The molecule has 0 aliphatic carbocycles. The van der Waals surface area contributed by atoms with Gasteiger partial charge in [-0.05, 0) is 50.3 Å². The summed E-state index contributed by atoms with van der Waals surface area (Å²) in [6.07, 6.45) is 3.49. The standard InChI is InChI=1S/C18H25NO4/c1-14-6-4-8-16(12-14)23-11-3-2-9-17(20)19-10-5-7-15(13-19)18(21)22/h4,6,8,12,15H,2-3,5,7,9-11,13H2,1H3,(H,21,22). The van der Waals surface area contributed by atoms with Crippen LogP contribution < -0.4 is 4.74 Å². The summed E-state index contributed by atoms with van der Waals surface area (Å²) in [7, 11) is 0. The lowest BCUT2D eigenvalue weighted by molar-refractivity contribution is -0.145. The number of aryl methyl sites for hydroxylation is 1. The van der Waals surface area contributed by atoms with Crippen LogP contribution in [0.5, 0.6) is 5.75 Å². The van der Waals surface area contributed by atoms with Crippen molar-refractivity contribution >= 4 is 11.9 Å². The largest absolute Gasteiger partial charge is 0.494 e. The van der Waals surface area contributed by atoms with Gasteiger partial charge in [0.15, 0.2) is 0 Å². The topological polar surface area (TPSA) is 66.8 Å². The summed E-state index contributed by atoms with van der Waals surface area (Å²) in [6, 6.07) is 7.90. The van der Waals surface area contributed by atoms with Crippen molar-refractivity contribution in [2.75, 3.05) is 19.7 Å². The predicted molar refractivity (Wildman–Crippen MR) is 87.5 cm³/mol. The number of rotatable bonds is 7. The van der Waals surface area contributed by atoms with Crippen LogP contribution in [0.1, 0.15) is 37.7 Å². The molecule has 0 bridgehead atoms. The molecule has 1 atom stereocenters. The van der Waals surface area contributed by atoms with Crippen LogP contribution in [0.15, 0.2) is 24.3 Å². The minimum atomic E-state index is -0.797. The fourth-order valence-electron chi connectivity index (χ4n) is 2.84. The average molecular weight is 319 g/mol. The molecule has 23 heavy (non-hydrogen) atoms. The number of unbranched alkanes of at least 4 members (excludes halogenated alkanes) is 1. The molecule has 0 saturated carbocycles. The molecule has 1 unspecified atom stereocenters. The molecule has 1 aliphatic heterocycles. The number of hydrogen-bond donors (Lipinski definition) is 1. The van der Waals surface area contributed by atoms with Crippen molar-refractivity contribution in [1.29, 1.82) is 0 Å². The summed E-state index contributed by atoms with van der Waals surface area (Å²) in [5.41, 5.74) is 1.16. The van der Waals surface area contributed by atoms with Crippen LogP contribution in [0.2, 0.25) is 0 Å². The molecule has 1 N–H and O–H groups in total. The fraction of sp³-hybridized carbons (Fsp3) is 0.556. The number of aliphatic carboxylic acids is 1. The van der Waals surface area contributed by atoms with Crippen LogP contribution in [0, 0.1) is 12.8 Å². The normalized spacial score (nSPS) is 17.8. The molecule has 126 valence electrons. The van der Waals surface area contributed by atoms with Crippen LogP contribution in [0.3, 0.4) is 0 Å². The van der Waals surface area contributed by atoms with Crippen LogP contribution in [-0.4, -0.2) is 41.6 Å². The number of hydrogen-bond acceptors (Lipinski definition) is 3. The van der Waals surface area contributed by atoms with E-state index in [-0.39, 0.29) is 5.91 Å². The Kier molecular flexibility index (Phi) is 6.44. The molecule has 1 aromatic carbocycles. The number of likely N-dealkylation sites (tertiary alicyclic amines) is 1. The van der Waals surface area contributed by atoms with E-state index in [4.69, 9.17) is 9.84 Å². The smallest absolute Gasteiger partial charge is 0.308 e. The molecule has 2 rings (SSSR count). The molecule has 1 aromatic rings. The van der Waals surface area contributed by atoms with Gasteiger partial charge in [0.2, 0.25) is 5.91 Å². The van der Waals surface area contributed by atoms with E-state index in [1.807, 2.05) is 31.2 Å². The average Bonchev–Trinajstić information content (AvgIpc) is 2.54. The summed E-state index contributed by atoms with van der Waals surface area (Å²) in [6.45, 7) is 3.65. The van der Waals surface area contributed by atoms with E-state index >= 15 is 0 Å². The second-order valence-corrected chi connectivity index (χ2v) is 6.14. The number of carboxylic acid groups (broad SMARTS) is 1. The third-order valence-corrected chi connectivity index (χ3v) is 4.17. The highest BCUT2D eigenvalue weighted by atomic mass is 16.5. The van der Waals surface area contributed by atoms with Gasteiger partial charge in [0.05, 0.1) is 12.5 Å². The summed E-state index contributed by atoms with van der Waals surface area (Å²) in [5.74, 6) is -0.283. The number of piperidine rings is 1. The van der Waals surface area contributed by atoms with E-state index in [0.717, 1.165) is 30.6 Å². The van der Waals surface area contributed by atoms with Crippen LogP contribution in [0.25, 0.3) is 0 Å². The second kappa shape index (κ2) is 8.56. The lowest BCUT2D eigenvalue weighted by Crippen LogP contribution is -2.42. The van der Waals surface area contributed by atoms with E-state index in [2.05, 4.69) is 0 Å². The molecule has 1 fully saturated rings. The van der Waals surface area contributed by atoms with E-state index in [1.54, 1.807) is 4.90 Å². The van der Waals surface area contributed by atoms with Gasteiger partial charge in [-0.15, -0.1) is 0 Å². The number of benzene rings is 1. The van der Waals surface area contributed by atoms with Crippen LogP contribution in [-0.2, 0) is 9.59 Å². The zero-order valence-electron chi connectivity index (χ0n) is 13.7. The minimum absolute atomic E-state index is 0.0616. The Labute approximate surface area is 137 Å². The summed E-state index contributed by atoms with van der Waals surface area (Å²) >= 11 is 0. The summed E-state index contributed by atoms with van der Waals surface area (Å²) in [5, 5.41) is 9.06. The van der Waals surface area contributed by atoms with Gasteiger partial charge in [-0.1, -0.05) is 12.1 Å². The number of carbonyl (C=O) groups excluding carboxylic acids is 1. The van der Waals surface area contributed by atoms with Gasteiger partial charge in [-0.25, -0.2) is 0 Å². The van der Waals surface area contributed by atoms with E-state index in [1.165, 1.54) is 0 Å². The molecular weight excluding hydrogens is 294 g/mol. The number of nitrogens with zero attached hydrogens (tertiary/aromatic N) is 1. The van der Waals surface area contributed by atoms with E-state index < -0.39 is 11.9 Å². The summed E-state index contributed by atoms with van der Waals surface area (Å²) in [4.78, 5) is 24.9. The molecule has 0 radical (unpaired) electrons. The highest BCUT2D eigenvalue weighted by Crippen LogP contribution is 2.18. The van der Waals surface area contributed by atoms with E-state index in [9.17, 15) is 9.59 Å². The van der Waals surface area contributed by atoms with Crippen molar-refractivity contribution in [2.24, 2.45) is 5.92 Å². The van der Waals surface area contributed by atoms with Gasteiger partial charge in [-0.2, -0.15) is 0 Å². The Morgan fingerprint density at radius 2 is 2.17 bits per heavy atom. The van der Waals surface area contributed by atoms with Gasteiger partial charge in [0.25, 0.3) is 0 Å². The Bertz CT molecular complexity index is 544. The third kappa shape index (κ3) is 5.58. The van der Waals surface area contributed by atoms with Crippen LogP contribution >= 0.6 is 0 Å². The first-order chi connectivity index (χ1) is 11.1. The molecule has 1 aliphatic rings. The first kappa shape index (κ1) is 17.3. The maximum Gasteiger partial charge on any atom is 0.308 e. The van der Waals surface area contributed by atoms with Crippen molar-refractivity contribution in [3.63, 3.8) is 0 Å². The fourth-order valence-corrected chi connectivity index (χ4v) is 2.84. The Morgan fingerprint density at radius 1 is 1.35 bits per heavy atom. The van der Waals surface area contributed by atoms with Crippen molar-refractivity contribution in [2.45, 2.75) is 39.0 Å². The van der Waals surface area contributed by atoms with Gasteiger partial charge in [0, 0.05) is 19.5 Å². The zero-order valence-corrected chi connectivity index (χ0v) is 13.7. The SMILES string of the molecule is Cc1cccc(OCCCCC(=O)N2CCCC(C(=O)O)C2)c1. The van der Waals surface area contributed by atoms with Gasteiger partial charge in [-0.3, -0.25) is 9.59 Å². The number of carbonyl (C=O) groups is 2. The van der Waals surface area contributed by atoms with Crippen molar-refractivity contribution in [1.82, 2.24) is 4.90 Å². The van der Waals surface area contributed by atoms with Crippen LogP contribution in [0.4, 0.5) is 0 Å². The zero-order chi connectivity index (χ0) is 16.7. The number of amides is 1. The Morgan fingerprint density at radius 3 is 2.91 bits per heavy atom. The monoisotopic (exact) mass is 319 g/mol. The lowest BCUT2D eigenvalue weighted by Gasteiger charge is -2.30. The Balaban J connectivity index is 1.64. The maximum atomic E-state index is 12.1. The molecule has 5 heteroatoms. The number of ether oxygens (including phenoxy) is 1. The molecule has 1 amide bonds. The second-order valence-electron chi connectivity index (χ2n) is 6.14. The van der Waals surface area contributed by atoms with Crippen molar-refractivity contribution in [3.8, 4) is 5.75 Å².